The van der Waals surface area contributed by atoms with Gasteiger partial charge >= 0.3 is 0 Å². The van der Waals surface area contributed by atoms with Gasteiger partial charge in [-0.05, 0) is 73.6 Å². The molecule has 1 aliphatic heterocycles. The number of aromatic hydroxyl groups is 2. The molecular weight excluding hydrogens is 588 g/mol. The maximum Gasteiger partial charge on any atom is 0.183 e. The predicted molar refractivity (Wildman–Crippen MR) is 177 cm³/mol. The molecule has 1 aromatic rings. The van der Waals surface area contributed by atoms with Crippen LogP contribution in [0, 0.1) is 5.41 Å². The Hall–Kier alpha value is -3.85. The van der Waals surface area contributed by atoms with Crippen LogP contribution in [-0.4, -0.2) is 54.6 Å². The third-order valence-corrected chi connectivity index (χ3v) is 9.03. The predicted octanol–water partition coefficient (Wildman–Crippen LogP) is 7.36. The number of carbonyl (C=O) groups excluding carboxylic acids is 3. The summed E-state index contributed by atoms with van der Waals surface area (Å²) in [5, 5.41) is 56.7. The number of hydrogen-bond donors (Lipinski definition) is 5. The van der Waals surface area contributed by atoms with Gasteiger partial charge < -0.3 is 30.3 Å². The molecule has 0 spiro atoms. The van der Waals surface area contributed by atoms with Gasteiger partial charge in [0.05, 0.1) is 11.5 Å². The zero-order valence-electron chi connectivity index (χ0n) is 28.5. The van der Waals surface area contributed by atoms with Gasteiger partial charge in [-0.2, -0.15) is 0 Å². The Bertz CT molecular complexity index is 1530. The smallest absolute Gasteiger partial charge is 0.183 e. The number of benzene rings is 1. The molecule has 0 bridgehead atoms. The lowest BCUT2D eigenvalue weighted by molar-refractivity contribution is -0.127. The van der Waals surface area contributed by atoms with Crippen molar-refractivity contribution in [2.24, 2.45) is 5.41 Å². The monoisotopic (exact) mass is 638 g/mol. The van der Waals surface area contributed by atoms with E-state index in [4.69, 9.17) is 4.74 Å². The maximum absolute atomic E-state index is 13.9. The van der Waals surface area contributed by atoms with Crippen molar-refractivity contribution >= 4 is 17.3 Å². The van der Waals surface area contributed by atoms with E-state index < -0.39 is 69.5 Å². The average molecular weight is 639 g/mol. The molecule has 2 atom stereocenters. The minimum atomic E-state index is -1.61. The van der Waals surface area contributed by atoms with Crippen molar-refractivity contribution in [1.29, 1.82) is 0 Å². The van der Waals surface area contributed by atoms with E-state index in [-0.39, 0.29) is 53.7 Å². The molecule has 5 N–H and O–H groups in total. The van der Waals surface area contributed by atoms with Crippen molar-refractivity contribution in [3.8, 4) is 17.2 Å². The molecule has 46 heavy (non-hydrogen) atoms. The van der Waals surface area contributed by atoms with E-state index in [2.05, 4.69) is 6.08 Å². The molecule has 9 heteroatoms. The number of fused-ring (bicyclic) bond motifs is 1. The second kappa shape index (κ2) is 14.3. The number of phenolic OH excluding ortho intramolecular Hbond substituents is 2. The normalized spacial score (nSPS) is 21.2. The Kier molecular flexibility index (Phi) is 11.4. The summed E-state index contributed by atoms with van der Waals surface area (Å²) in [5.41, 5.74) is -1.43. The number of carbonyl (C=O) groups is 3. The third-order valence-electron chi connectivity index (χ3n) is 9.03. The molecule has 0 amide bonds. The van der Waals surface area contributed by atoms with Gasteiger partial charge in [0.1, 0.15) is 45.5 Å². The van der Waals surface area contributed by atoms with Crippen molar-refractivity contribution < 1.29 is 44.7 Å². The van der Waals surface area contributed by atoms with Gasteiger partial charge in [-0.1, -0.05) is 37.1 Å². The summed E-state index contributed by atoms with van der Waals surface area (Å²) in [7, 11) is 0. The van der Waals surface area contributed by atoms with Gasteiger partial charge in [0.15, 0.2) is 17.3 Å². The molecule has 0 saturated heterocycles. The lowest BCUT2D eigenvalue weighted by atomic mass is 9.69. The topological polar surface area (TPSA) is 162 Å². The number of aliphatic hydroxyl groups excluding tert-OH is 3. The first-order valence-electron chi connectivity index (χ1n) is 16.2. The van der Waals surface area contributed by atoms with E-state index in [1.54, 1.807) is 27.7 Å². The van der Waals surface area contributed by atoms with Gasteiger partial charge in [-0.3, -0.25) is 14.4 Å². The molecule has 0 saturated carbocycles. The second-order valence-electron chi connectivity index (χ2n) is 13.6. The minimum absolute atomic E-state index is 0.00139. The van der Waals surface area contributed by atoms with E-state index in [0.29, 0.717) is 12.8 Å². The number of hydrogen-bond acceptors (Lipinski definition) is 9. The van der Waals surface area contributed by atoms with Crippen LogP contribution in [0.1, 0.15) is 122 Å². The van der Waals surface area contributed by atoms with Crippen molar-refractivity contribution in [2.45, 2.75) is 125 Å². The van der Waals surface area contributed by atoms with Crippen molar-refractivity contribution in [3.63, 3.8) is 0 Å². The highest BCUT2D eigenvalue weighted by atomic mass is 16.5. The molecule has 1 aromatic carbocycles. The quantitative estimate of drug-likeness (QED) is 0.0844. The second-order valence-corrected chi connectivity index (χ2v) is 13.6. The van der Waals surface area contributed by atoms with Gasteiger partial charge in [0.25, 0.3) is 0 Å². The summed E-state index contributed by atoms with van der Waals surface area (Å²) in [6.07, 6.45) is 4.85. The molecule has 0 radical (unpaired) electrons. The molecular formula is C37H50O9. The standard InChI is InChI=1S/C37H50O9/c1-9-12-25(38)28-30(41)22(33-23(31(28)42)19-27(40)36(6,7)46-33)18-24-32(43)29(26(39)13-10-2)35(45)37(8,34(24)44)17-16-21(5)15-11-14-20(3)4/h14,16,27,40-44H,9-13,15,17-19H2,1-8H3/t27-,37-/m1/s1. The molecule has 1 heterocycles. The minimum Gasteiger partial charge on any atom is -0.511 e. The molecule has 9 nitrogen and oxygen atoms in total. The van der Waals surface area contributed by atoms with Gasteiger partial charge in [0, 0.05) is 42.4 Å². The summed E-state index contributed by atoms with van der Waals surface area (Å²) in [6, 6.07) is 0. The van der Waals surface area contributed by atoms with Gasteiger partial charge in [0.2, 0.25) is 0 Å². The number of Topliss-reactive ketones (excluding diaryl/α,β-unsaturated/α-hetero) is 3. The molecule has 1 aliphatic carbocycles. The SMILES string of the molecule is CCCC(=O)C1=C(O)C(Cc2c(O)c(C(=O)CCC)c(O)c3c2OC(C)(C)[C@H](O)C3)=C(O)[C@@](C)(CC=C(C)CCC=C(C)C)C1=O. The first-order chi connectivity index (χ1) is 21.4. The van der Waals surface area contributed by atoms with Crippen LogP contribution in [-0.2, 0) is 22.4 Å². The first-order valence-corrected chi connectivity index (χ1v) is 16.2. The number of ketones is 3. The Labute approximate surface area is 272 Å². The zero-order valence-corrected chi connectivity index (χ0v) is 28.5. The molecule has 3 rings (SSSR count). The molecule has 2 aliphatic rings. The number of allylic oxidation sites excluding steroid dienone is 7. The summed E-state index contributed by atoms with van der Waals surface area (Å²) in [5.74, 6) is -4.05. The van der Waals surface area contributed by atoms with E-state index in [1.165, 1.54) is 12.5 Å². The van der Waals surface area contributed by atoms with Crippen LogP contribution in [0.15, 0.2) is 46.0 Å². The van der Waals surface area contributed by atoms with E-state index in [1.807, 2.05) is 26.8 Å². The van der Waals surface area contributed by atoms with Gasteiger partial charge in [-0.15, -0.1) is 0 Å². The summed E-state index contributed by atoms with van der Waals surface area (Å²) in [4.78, 5) is 40.4. The van der Waals surface area contributed by atoms with Crippen molar-refractivity contribution in [1.82, 2.24) is 0 Å². The van der Waals surface area contributed by atoms with E-state index in [9.17, 15) is 39.9 Å². The summed E-state index contributed by atoms with van der Waals surface area (Å²) >= 11 is 0. The van der Waals surface area contributed by atoms with Crippen LogP contribution >= 0.6 is 0 Å². The van der Waals surface area contributed by atoms with Crippen LogP contribution in [0.4, 0.5) is 0 Å². The lowest BCUT2D eigenvalue weighted by Gasteiger charge is -2.39. The Morgan fingerprint density at radius 3 is 2.11 bits per heavy atom. The van der Waals surface area contributed by atoms with Crippen LogP contribution in [0.2, 0.25) is 0 Å². The highest BCUT2D eigenvalue weighted by molar-refractivity contribution is 6.24. The Morgan fingerprint density at radius 1 is 0.913 bits per heavy atom. The number of phenols is 2. The average Bonchev–Trinajstić information content (AvgIpc) is 2.96. The maximum atomic E-state index is 13.9. The number of rotatable bonds is 13. The Morgan fingerprint density at radius 2 is 1.52 bits per heavy atom. The van der Waals surface area contributed by atoms with E-state index >= 15 is 0 Å². The van der Waals surface area contributed by atoms with Crippen LogP contribution in [0.3, 0.4) is 0 Å². The molecule has 0 fully saturated rings. The fraction of sp³-hybridized carbons (Fsp3) is 0.541. The number of ether oxygens (including phenoxy) is 1. The Balaban J connectivity index is 2.29. The fourth-order valence-corrected chi connectivity index (χ4v) is 5.97. The number of aliphatic hydroxyl groups is 3. The van der Waals surface area contributed by atoms with Gasteiger partial charge in [-0.25, -0.2) is 0 Å². The van der Waals surface area contributed by atoms with Crippen molar-refractivity contribution in [3.05, 3.63) is 62.7 Å². The highest BCUT2D eigenvalue weighted by Crippen LogP contribution is 2.51. The molecule has 0 aromatic heterocycles. The molecule has 0 unspecified atom stereocenters. The summed E-state index contributed by atoms with van der Waals surface area (Å²) in [6.45, 7) is 14.3. The lowest BCUT2D eigenvalue weighted by Crippen LogP contribution is -2.46. The fourth-order valence-electron chi connectivity index (χ4n) is 5.97. The van der Waals surface area contributed by atoms with Crippen LogP contribution < -0.4 is 4.74 Å². The highest BCUT2D eigenvalue weighted by Gasteiger charge is 2.48. The van der Waals surface area contributed by atoms with E-state index in [0.717, 1.165) is 18.4 Å². The van der Waals surface area contributed by atoms with Crippen LogP contribution in [0.5, 0.6) is 17.2 Å². The first kappa shape index (κ1) is 36.6. The zero-order chi connectivity index (χ0) is 34.7. The van der Waals surface area contributed by atoms with Crippen LogP contribution in [0.25, 0.3) is 0 Å². The van der Waals surface area contributed by atoms with Crippen molar-refractivity contribution in [2.75, 3.05) is 0 Å². The third kappa shape index (κ3) is 7.09. The summed E-state index contributed by atoms with van der Waals surface area (Å²) < 4.78 is 6.12. The molecule has 252 valence electrons. The largest absolute Gasteiger partial charge is 0.511 e.